The smallest absolute Gasteiger partial charge is 0.318 e. The highest BCUT2D eigenvalue weighted by Gasteiger charge is 2.34. The number of rotatable bonds is 11. The third kappa shape index (κ3) is 9.36. The minimum Gasteiger partial charge on any atom is -0.442 e. The number of benzene rings is 2. The Bertz CT molecular complexity index is 2120. The van der Waals surface area contributed by atoms with Gasteiger partial charge in [-0.25, -0.2) is 9.48 Å². The number of fused-ring (bicyclic) bond motifs is 2. The third-order valence-electron chi connectivity index (χ3n) is 12.5. The van der Waals surface area contributed by atoms with Gasteiger partial charge >= 0.3 is 12.0 Å². The molecule has 3 saturated heterocycles. The number of para-hydroxylation sites is 1. The van der Waals surface area contributed by atoms with Crippen LogP contribution in [0.4, 0.5) is 4.79 Å². The molecule has 3 aliphatic heterocycles. The first-order valence-electron chi connectivity index (χ1n) is 20.9. The van der Waals surface area contributed by atoms with Crippen molar-refractivity contribution in [1.29, 1.82) is 0 Å². The molecule has 0 radical (unpaired) electrons. The molecule has 0 aliphatic carbocycles. The second kappa shape index (κ2) is 17.4. The van der Waals surface area contributed by atoms with E-state index in [-0.39, 0.29) is 36.1 Å². The van der Waals surface area contributed by atoms with Crippen molar-refractivity contribution in [2.24, 2.45) is 5.41 Å². The van der Waals surface area contributed by atoms with Crippen molar-refractivity contribution < 1.29 is 19.1 Å². The van der Waals surface area contributed by atoms with Gasteiger partial charge in [0.05, 0.1) is 10.9 Å². The number of piperazine rings is 1. The molecule has 2 aromatic heterocycles. The number of carbonyl (C=O) groups is 3. The summed E-state index contributed by atoms with van der Waals surface area (Å²) >= 11 is 0. The molecule has 7 rings (SSSR count). The second-order valence-corrected chi connectivity index (χ2v) is 17.2. The molecular formula is C44H60N8O5. The summed E-state index contributed by atoms with van der Waals surface area (Å²) in [5.74, 6) is -0.279. The van der Waals surface area contributed by atoms with Crippen LogP contribution in [0.5, 0.6) is 0 Å². The number of pyridine rings is 1. The van der Waals surface area contributed by atoms with E-state index in [0.29, 0.717) is 51.5 Å². The first kappa shape index (κ1) is 40.4. The highest BCUT2D eigenvalue weighted by Crippen LogP contribution is 2.29. The molecule has 2 N–H and O–H groups in total. The molecule has 3 fully saturated rings. The number of nitrogens with one attached hydrogen (secondary N) is 2. The van der Waals surface area contributed by atoms with Gasteiger partial charge in [-0.15, -0.1) is 0 Å². The number of carbonyl (C=O) groups excluding carboxylic acids is 3. The number of amides is 3. The van der Waals surface area contributed by atoms with E-state index < -0.39 is 11.5 Å². The number of aromatic amines is 1. The van der Waals surface area contributed by atoms with Gasteiger partial charge in [0.2, 0.25) is 5.91 Å². The number of likely N-dealkylation sites (tertiary alicyclic amines) is 2. The summed E-state index contributed by atoms with van der Waals surface area (Å²) in [6.45, 7) is 13.9. The number of esters is 1. The Hall–Kier alpha value is -4.75. The number of aryl methyl sites for hydroxylation is 1. The van der Waals surface area contributed by atoms with Gasteiger partial charge in [0.15, 0.2) is 6.73 Å². The first-order valence-corrected chi connectivity index (χ1v) is 20.9. The third-order valence-corrected chi connectivity index (χ3v) is 12.5. The van der Waals surface area contributed by atoms with E-state index in [0.717, 1.165) is 90.4 Å². The molecule has 0 bridgehead atoms. The number of hydrogen-bond acceptors (Lipinski definition) is 8. The van der Waals surface area contributed by atoms with Gasteiger partial charge in [-0.3, -0.25) is 19.3 Å². The van der Waals surface area contributed by atoms with Gasteiger partial charge in [-0.05, 0) is 114 Å². The maximum Gasteiger partial charge on any atom is 0.318 e. The van der Waals surface area contributed by atoms with Crippen LogP contribution in [0.3, 0.4) is 0 Å². The number of H-pyrrole nitrogens is 1. The summed E-state index contributed by atoms with van der Waals surface area (Å²) in [4.78, 5) is 65.8. The summed E-state index contributed by atoms with van der Waals surface area (Å²) in [7, 11) is 2.17. The fourth-order valence-electron chi connectivity index (χ4n) is 9.09. The van der Waals surface area contributed by atoms with Crippen LogP contribution in [0.25, 0.3) is 21.8 Å². The zero-order valence-corrected chi connectivity index (χ0v) is 34.4. The van der Waals surface area contributed by atoms with E-state index in [4.69, 9.17) is 9.84 Å². The molecule has 4 aromatic rings. The molecule has 0 spiro atoms. The highest BCUT2D eigenvalue weighted by molar-refractivity contribution is 5.88. The molecule has 5 heterocycles. The van der Waals surface area contributed by atoms with E-state index in [1.54, 1.807) is 9.58 Å². The SMILES string of the molecule is CCCC(C)(C)C(=O)OCn1cc2cc(C[C@@H](NC(=O)N3CCC(c4cc5ccccc5[nH]c4=O)CC3)C(=O)N3CCN(C4CCN(C)CC4)CC3)cc(C)c2n1. The number of hydrogen-bond donors (Lipinski definition) is 2. The van der Waals surface area contributed by atoms with Gasteiger partial charge in [0.25, 0.3) is 5.56 Å². The van der Waals surface area contributed by atoms with Crippen molar-refractivity contribution in [3.63, 3.8) is 0 Å². The molecule has 13 nitrogen and oxygen atoms in total. The highest BCUT2D eigenvalue weighted by atomic mass is 16.5. The number of piperidine rings is 2. The topological polar surface area (TPSA) is 136 Å². The predicted molar refractivity (Wildman–Crippen MR) is 222 cm³/mol. The summed E-state index contributed by atoms with van der Waals surface area (Å²) in [5.41, 5.74) is 3.58. The van der Waals surface area contributed by atoms with Crippen LogP contribution in [-0.2, 0) is 27.5 Å². The van der Waals surface area contributed by atoms with Crippen LogP contribution in [0.15, 0.2) is 53.5 Å². The number of aromatic nitrogens is 3. The lowest BCUT2D eigenvalue weighted by Crippen LogP contribution is -2.59. The Kier molecular flexibility index (Phi) is 12.3. The minimum atomic E-state index is -0.762. The van der Waals surface area contributed by atoms with E-state index in [1.165, 1.54) is 0 Å². The maximum atomic E-state index is 14.4. The van der Waals surface area contributed by atoms with Gasteiger partial charge in [-0.1, -0.05) is 37.6 Å². The van der Waals surface area contributed by atoms with Crippen LogP contribution in [0.2, 0.25) is 0 Å². The molecule has 306 valence electrons. The monoisotopic (exact) mass is 780 g/mol. The minimum absolute atomic E-state index is 0.0159. The first-order chi connectivity index (χ1) is 27.4. The Morgan fingerprint density at radius 1 is 0.930 bits per heavy atom. The van der Waals surface area contributed by atoms with Crippen LogP contribution in [0, 0.1) is 12.3 Å². The van der Waals surface area contributed by atoms with Gasteiger partial charge in [0, 0.05) is 74.4 Å². The Morgan fingerprint density at radius 2 is 1.65 bits per heavy atom. The quantitative estimate of drug-likeness (QED) is 0.197. The number of ether oxygens (including phenoxy) is 1. The van der Waals surface area contributed by atoms with Gasteiger partial charge < -0.3 is 29.7 Å². The van der Waals surface area contributed by atoms with Crippen LogP contribution in [-0.4, -0.2) is 124 Å². The van der Waals surface area contributed by atoms with E-state index in [1.807, 2.05) is 74.3 Å². The van der Waals surface area contributed by atoms with E-state index in [2.05, 4.69) is 34.1 Å². The van der Waals surface area contributed by atoms with Crippen LogP contribution >= 0.6 is 0 Å². The maximum absolute atomic E-state index is 14.4. The van der Waals surface area contributed by atoms with Crippen molar-refractivity contribution in [1.82, 2.24) is 39.7 Å². The van der Waals surface area contributed by atoms with E-state index >= 15 is 0 Å². The molecule has 13 heteroatoms. The molecule has 0 unspecified atom stereocenters. The molecule has 3 aliphatic rings. The zero-order chi connectivity index (χ0) is 40.3. The lowest BCUT2D eigenvalue weighted by Gasteiger charge is -2.43. The average Bonchev–Trinajstić information content (AvgIpc) is 3.63. The van der Waals surface area contributed by atoms with Gasteiger partial charge in [0.1, 0.15) is 6.04 Å². The molecule has 57 heavy (non-hydrogen) atoms. The van der Waals surface area contributed by atoms with Crippen LogP contribution < -0.4 is 10.9 Å². The van der Waals surface area contributed by atoms with Crippen molar-refractivity contribution >= 4 is 39.7 Å². The average molecular weight is 781 g/mol. The summed E-state index contributed by atoms with van der Waals surface area (Å²) in [5, 5.41) is 9.75. The molecular weight excluding hydrogens is 721 g/mol. The lowest BCUT2D eigenvalue weighted by molar-refractivity contribution is -0.158. The summed E-state index contributed by atoms with van der Waals surface area (Å²) in [6, 6.07) is 13.3. The van der Waals surface area contributed by atoms with Crippen molar-refractivity contribution in [2.75, 3.05) is 59.4 Å². The zero-order valence-electron chi connectivity index (χ0n) is 34.4. The predicted octanol–water partition coefficient (Wildman–Crippen LogP) is 5.25. The summed E-state index contributed by atoms with van der Waals surface area (Å²) < 4.78 is 7.30. The Balaban J connectivity index is 1.05. The Labute approximate surface area is 335 Å². The number of nitrogens with zero attached hydrogens (tertiary/aromatic N) is 6. The largest absolute Gasteiger partial charge is 0.442 e. The molecule has 1 atom stereocenters. The van der Waals surface area contributed by atoms with Crippen molar-refractivity contribution in [3.8, 4) is 0 Å². The normalized spacial score (nSPS) is 18.6. The molecule has 3 amide bonds. The standard InChI is InChI=1S/C44H60N8O5/c1-6-15-44(3,4)42(55)57-29-52-28-34-25-31(24-30(2)39(34)47-52)26-38(41(54)50-22-20-49(21-23-50)35-13-16-48(5)17-14-35)46-43(56)51-18-11-32(12-19-51)36-27-33-9-7-8-10-37(33)45-40(36)53/h7-10,24-25,27-28,32,35,38H,6,11-23,26,29H2,1-5H3,(H,45,53)(H,46,56)/t38-/m1/s1. The van der Waals surface area contributed by atoms with Crippen LogP contribution in [0.1, 0.15) is 81.9 Å². The lowest BCUT2D eigenvalue weighted by atomic mass is 9.88. The second-order valence-electron chi connectivity index (χ2n) is 17.2. The van der Waals surface area contributed by atoms with Crippen molar-refractivity contribution in [2.45, 2.75) is 97.4 Å². The Morgan fingerprint density at radius 3 is 2.37 bits per heavy atom. The van der Waals surface area contributed by atoms with E-state index in [9.17, 15) is 19.2 Å². The molecule has 0 saturated carbocycles. The summed E-state index contributed by atoms with van der Waals surface area (Å²) in [6.07, 6.45) is 7.44. The van der Waals surface area contributed by atoms with Crippen molar-refractivity contribution in [3.05, 3.63) is 75.7 Å². The molecule has 2 aromatic carbocycles. The van der Waals surface area contributed by atoms with Gasteiger partial charge in [-0.2, -0.15) is 5.10 Å². The fraction of sp³-hybridized carbons (Fsp3) is 0.568. The fourth-order valence-corrected chi connectivity index (χ4v) is 9.09. The number of urea groups is 1.